The fourth-order valence-electron chi connectivity index (χ4n) is 1.22. The summed E-state index contributed by atoms with van der Waals surface area (Å²) in [5, 5.41) is 11.3. The molecule has 0 aliphatic rings. The molecule has 0 heterocycles. The second-order valence-electron chi connectivity index (χ2n) is 3.47. The molecule has 0 saturated heterocycles. The minimum absolute atomic E-state index is 0.225. The quantitative estimate of drug-likeness (QED) is 0.892. The molecular weight excluding hydrogens is 294 g/mol. The molecule has 0 saturated carbocycles. The maximum absolute atomic E-state index is 12.4. The van der Waals surface area contributed by atoms with Crippen LogP contribution in [0.1, 0.15) is 0 Å². The van der Waals surface area contributed by atoms with E-state index in [1.807, 2.05) is 0 Å². The minimum Gasteiger partial charge on any atom is -0.481 e. The van der Waals surface area contributed by atoms with Crippen LogP contribution >= 0.6 is 23.2 Å². The van der Waals surface area contributed by atoms with Crippen LogP contribution in [0.4, 0.5) is 18.9 Å². The number of halogens is 5. The van der Waals surface area contributed by atoms with Gasteiger partial charge in [-0.25, -0.2) is 0 Å². The van der Waals surface area contributed by atoms with E-state index < -0.39 is 24.6 Å². The highest BCUT2D eigenvalue weighted by molar-refractivity contribution is 6.35. The maximum atomic E-state index is 12.4. The highest BCUT2D eigenvalue weighted by atomic mass is 35.5. The molecule has 0 amide bonds. The van der Waals surface area contributed by atoms with Crippen LogP contribution in [0.5, 0.6) is 0 Å². The van der Waals surface area contributed by atoms with Gasteiger partial charge >= 0.3 is 12.1 Å². The SMILES string of the molecule is O=C(O)C(CNc1cc(Cl)cc(Cl)c1)C(F)(F)F. The van der Waals surface area contributed by atoms with Gasteiger partial charge in [0, 0.05) is 22.3 Å². The first kappa shape index (κ1) is 14.9. The molecule has 18 heavy (non-hydrogen) atoms. The van der Waals surface area contributed by atoms with Crippen molar-refractivity contribution in [3.05, 3.63) is 28.2 Å². The van der Waals surface area contributed by atoms with Crippen LogP contribution in [0, 0.1) is 5.92 Å². The molecule has 0 aromatic heterocycles. The average molecular weight is 302 g/mol. The lowest BCUT2D eigenvalue weighted by atomic mass is 10.1. The number of benzene rings is 1. The van der Waals surface area contributed by atoms with E-state index in [9.17, 15) is 18.0 Å². The van der Waals surface area contributed by atoms with E-state index in [2.05, 4.69) is 5.32 Å². The number of rotatable bonds is 4. The maximum Gasteiger partial charge on any atom is 0.403 e. The zero-order chi connectivity index (χ0) is 13.9. The Balaban J connectivity index is 2.76. The Hall–Kier alpha value is -1.14. The van der Waals surface area contributed by atoms with E-state index >= 15 is 0 Å². The highest BCUT2D eigenvalue weighted by Crippen LogP contribution is 2.28. The molecule has 0 radical (unpaired) electrons. The summed E-state index contributed by atoms with van der Waals surface area (Å²) < 4.78 is 37.1. The molecule has 0 aliphatic heterocycles. The highest BCUT2D eigenvalue weighted by Gasteiger charge is 2.44. The Morgan fingerprint density at radius 3 is 2.17 bits per heavy atom. The second kappa shape index (κ2) is 5.67. The lowest BCUT2D eigenvalue weighted by Gasteiger charge is -2.17. The van der Waals surface area contributed by atoms with Crippen LogP contribution in [0.3, 0.4) is 0 Å². The summed E-state index contributed by atoms with van der Waals surface area (Å²) in [4.78, 5) is 10.5. The van der Waals surface area contributed by atoms with Crippen molar-refractivity contribution in [2.24, 2.45) is 5.92 Å². The fourth-order valence-corrected chi connectivity index (χ4v) is 1.74. The number of aliphatic carboxylic acids is 1. The van der Waals surface area contributed by atoms with Crippen LogP contribution in [0.2, 0.25) is 10.0 Å². The van der Waals surface area contributed by atoms with Gasteiger partial charge < -0.3 is 10.4 Å². The van der Waals surface area contributed by atoms with Crippen molar-refractivity contribution in [3.8, 4) is 0 Å². The summed E-state index contributed by atoms with van der Waals surface area (Å²) in [6.07, 6.45) is -4.82. The normalized spacial score (nSPS) is 13.2. The summed E-state index contributed by atoms with van der Waals surface area (Å²) in [6, 6.07) is 4.11. The largest absolute Gasteiger partial charge is 0.481 e. The first-order valence-electron chi connectivity index (χ1n) is 4.69. The van der Waals surface area contributed by atoms with Gasteiger partial charge in [0.15, 0.2) is 5.92 Å². The summed E-state index contributed by atoms with van der Waals surface area (Å²) in [5.41, 5.74) is 0.225. The van der Waals surface area contributed by atoms with Crippen LogP contribution in [-0.4, -0.2) is 23.8 Å². The smallest absolute Gasteiger partial charge is 0.403 e. The molecule has 1 atom stereocenters. The second-order valence-corrected chi connectivity index (χ2v) is 4.34. The van der Waals surface area contributed by atoms with Crippen molar-refractivity contribution in [3.63, 3.8) is 0 Å². The van der Waals surface area contributed by atoms with Crippen molar-refractivity contribution in [2.45, 2.75) is 6.18 Å². The van der Waals surface area contributed by atoms with Crippen LogP contribution in [0.15, 0.2) is 18.2 Å². The molecular formula is C10H8Cl2F3NO2. The fraction of sp³-hybridized carbons (Fsp3) is 0.300. The lowest BCUT2D eigenvalue weighted by Crippen LogP contribution is -2.36. The number of anilines is 1. The van der Waals surface area contributed by atoms with Crippen molar-refractivity contribution in [2.75, 3.05) is 11.9 Å². The van der Waals surface area contributed by atoms with E-state index in [1.54, 1.807) is 0 Å². The molecule has 3 nitrogen and oxygen atoms in total. The van der Waals surface area contributed by atoms with Crippen LogP contribution in [0.25, 0.3) is 0 Å². The van der Waals surface area contributed by atoms with Gasteiger partial charge in [-0.3, -0.25) is 4.79 Å². The minimum atomic E-state index is -4.82. The zero-order valence-electron chi connectivity index (χ0n) is 8.76. The van der Waals surface area contributed by atoms with Gasteiger partial charge in [0.05, 0.1) is 0 Å². The lowest BCUT2D eigenvalue weighted by molar-refractivity contribution is -0.190. The summed E-state index contributed by atoms with van der Waals surface area (Å²) >= 11 is 11.3. The standard InChI is InChI=1S/C10H8Cl2F3NO2/c11-5-1-6(12)3-7(2-5)16-4-8(9(17)18)10(13,14)15/h1-3,8,16H,4H2,(H,17,18). The molecule has 2 N–H and O–H groups in total. The summed E-state index contributed by atoms with van der Waals surface area (Å²) in [7, 11) is 0. The first-order chi connectivity index (χ1) is 8.20. The van der Waals surface area contributed by atoms with Crippen molar-refractivity contribution in [1.82, 2.24) is 0 Å². The van der Waals surface area contributed by atoms with Crippen molar-refractivity contribution < 1.29 is 23.1 Å². The number of carbonyl (C=O) groups is 1. The molecule has 0 aliphatic carbocycles. The van der Waals surface area contributed by atoms with Gasteiger partial charge in [0.25, 0.3) is 0 Å². The van der Waals surface area contributed by atoms with Gasteiger partial charge in [-0.15, -0.1) is 0 Å². The number of hydrogen-bond donors (Lipinski definition) is 2. The van der Waals surface area contributed by atoms with E-state index in [0.717, 1.165) is 0 Å². The summed E-state index contributed by atoms with van der Waals surface area (Å²) in [5.74, 6) is -4.43. The van der Waals surface area contributed by atoms with Crippen LogP contribution < -0.4 is 5.32 Å². The molecule has 8 heteroatoms. The van der Waals surface area contributed by atoms with Gasteiger partial charge in [-0.05, 0) is 18.2 Å². The molecule has 1 unspecified atom stereocenters. The summed E-state index contributed by atoms with van der Waals surface area (Å²) in [6.45, 7) is -0.796. The Morgan fingerprint density at radius 1 is 1.28 bits per heavy atom. The number of carboxylic acids is 1. The molecule has 1 rings (SSSR count). The zero-order valence-corrected chi connectivity index (χ0v) is 10.3. The van der Waals surface area contributed by atoms with Gasteiger partial charge in [0.1, 0.15) is 0 Å². The van der Waals surface area contributed by atoms with Gasteiger partial charge in [0.2, 0.25) is 0 Å². The Labute approximate surface area is 110 Å². The molecule has 1 aromatic carbocycles. The predicted molar refractivity (Wildman–Crippen MR) is 62.1 cm³/mol. The van der Waals surface area contributed by atoms with Gasteiger partial charge in [-0.1, -0.05) is 23.2 Å². The van der Waals surface area contributed by atoms with E-state index in [1.165, 1.54) is 18.2 Å². The van der Waals surface area contributed by atoms with E-state index in [-0.39, 0.29) is 15.7 Å². The van der Waals surface area contributed by atoms with Crippen molar-refractivity contribution >= 4 is 34.9 Å². The Bertz CT molecular complexity index is 431. The third-order valence-corrected chi connectivity index (χ3v) is 2.50. The third-order valence-electron chi connectivity index (χ3n) is 2.07. The Kier molecular flexibility index (Phi) is 4.70. The van der Waals surface area contributed by atoms with Crippen LogP contribution in [-0.2, 0) is 4.79 Å². The van der Waals surface area contributed by atoms with Crippen molar-refractivity contribution in [1.29, 1.82) is 0 Å². The van der Waals surface area contributed by atoms with E-state index in [4.69, 9.17) is 28.3 Å². The monoisotopic (exact) mass is 301 g/mol. The first-order valence-corrected chi connectivity index (χ1v) is 5.45. The molecule has 0 bridgehead atoms. The predicted octanol–water partition coefficient (Wildman–Crippen LogP) is 3.67. The molecule has 0 fully saturated rings. The number of carboxylic acid groups (broad SMARTS) is 1. The van der Waals surface area contributed by atoms with E-state index in [0.29, 0.717) is 0 Å². The van der Waals surface area contributed by atoms with Gasteiger partial charge in [-0.2, -0.15) is 13.2 Å². The number of hydrogen-bond acceptors (Lipinski definition) is 2. The number of nitrogens with one attached hydrogen (secondary N) is 1. The molecule has 0 spiro atoms. The average Bonchev–Trinajstić information content (AvgIpc) is 2.12. The topological polar surface area (TPSA) is 49.3 Å². The Morgan fingerprint density at radius 2 is 1.78 bits per heavy atom. The number of alkyl halides is 3. The molecule has 1 aromatic rings. The molecule has 100 valence electrons. The third kappa shape index (κ3) is 4.27.